The predicted octanol–water partition coefficient (Wildman–Crippen LogP) is -2.20. The van der Waals surface area contributed by atoms with Crippen molar-refractivity contribution in [3.8, 4) is 6.19 Å². The molecule has 0 aromatic carbocycles. The Morgan fingerprint density at radius 1 is 1.70 bits per heavy atom. The van der Waals surface area contributed by atoms with E-state index in [4.69, 9.17) is 10.00 Å². The molecular formula is C5H7KN2OS. The van der Waals surface area contributed by atoms with Gasteiger partial charge >= 0.3 is 51.4 Å². The minimum Gasteiger partial charge on any atom is -0.721 e. The van der Waals surface area contributed by atoms with Crippen molar-refractivity contribution in [2.75, 3.05) is 0 Å². The number of nitrogens with zero attached hydrogens (tertiary/aromatic N) is 2. The van der Waals surface area contributed by atoms with E-state index in [9.17, 15) is 0 Å². The molecular weight excluding hydrogens is 175 g/mol. The van der Waals surface area contributed by atoms with Crippen LogP contribution in [0.15, 0.2) is 4.99 Å². The van der Waals surface area contributed by atoms with Gasteiger partial charge in [-0.1, -0.05) is 0 Å². The summed E-state index contributed by atoms with van der Waals surface area (Å²) >= 11 is 4.52. The van der Waals surface area contributed by atoms with Gasteiger partial charge in [-0.15, -0.1) is 0 Å². The van der Waals surface area contributed by atoms with Crippen molar-refractivity contribution in [3.05, 3.63) is 0 Å². The molecule has 0 rings (SSSR count). The van der Waals surface area contributed by atoms with E-state index in [1.165, 1.54) is 6.19 Å². The third-order valence-corrected chi connectivity index (χ3v) is 0.665. The third-order valence-electron chi connectivity index (χ3n) is 0.478. The molecule has 50 valence electrons. The van der Waals surface area contributed by atoms with Gasteiger partial charge in [0, 0.05) is 0 Å². The molecule has 10 heavy (non-hydrogen) atoms. The molecule has 0 aliphatic heterocycles. The van der Waals surface area contributed by atoms with E-state index in [1.807, 2.05) is 13.8 Å². The van der Waals surface area contributed by atoms with E-state index < -0.39 is 0 Å². The quantitative estimate of drug-likeness (QED) is 0.152. The van der Waals surface area contributed by atoms with Gasteiger partial charge in [0.25, 0.3) is 0 Å². The van der Waals surface area contributed by atoms with E-state index in [-0.39, 0.29) is 62.7 Å². The van der Waals surface area contributed by atoms with Crippen LogP contribution in [0.25, 0.3) is 0 Å². The van der Waals surface area contributed by atoms with Crippen molar-refractivity contribution in [2.45, 2.75) is 20.0 Å². The van der Waals surface area contributed by atoms with Crippen molar-refractivity contribution in [2.24, 2.45) is 4.99 Å². The van der Waals surface area contributed by atoms with Crippen molar-refractivity contribution in [3.63, 3.8) is 0 Å². The average molecular weight is 182 g/mol. The van der Waals surface area contributed by atoms with E-state index in [2.05, 4.69) is 17.6 Å². The first kappa shape index (κ1) is 13.4. The van der Waals surface area contributed by atoms with Crippen molar-refractivity contribution < 1.29 is 56.1 Å². The molecule has 0 N–H and O–H groups in total. The molecule has 0 saturated heterocycles. The normalized spacial score (nSPS) is 10.0. The van der Waals surface area contributed by atoms with E-state index in [0.717, 1.165) is 0 Å². The SMILES string of the molecule is CC(C)OC([S-])=NC#N.[K+]. The number of hydrogen-bond donors (Lipinski definition) is 0. The van der Waals surface area contributed by atoms with Gasteiger partial charge in [0.1, 0.15) is 0 Å². The maximum atomic E-state index is 7.97. The number of hydrogen-bond acceptors (Lipinski definition) is 4. The molecule has 0 spiro atoms. The molecule has 0 aromatic heterocycles. The smallest absolute Gasteiger partial charge is 0.721 e. The van der Waals surface area contributed by atoms with Crippen molar-refractivity contribution in [1.29, 1.82) is 5.26 Å². The topological polar surface area (TPSA) is 45.4 Å². The van der Waals surface area contributed by atoms with Crippen LogP contribution in [-0.4, -0.2) is 11.3 Å². The van der Waals surface area contributed by atoms with Gasteiger partial charge in [0.15, 0.2) is 0 Å². The predicted molar refractivity (Wildman–Crippen MR) is 36.6 cm³/mol. The molecule has 0 unspecified atom stereocenters. The third kappa shape index (κ3) is 8.82. The Bertz CT molecular complexity index is 152. The molecule has 0 atom stereocenters. The summed E-state index contributed by atoms with van der Waals surface area (Å²) < 4.78 is 4.83. The first-order valence-electron chi connectivity index (χ1n) is 2.47. The van der Waals surface area contributed by atoms with Gasteiger partial charge in [-0.05, 0) is 13.8 Å². The molecule has 5 heteroatoms. The van der Waals surface area contributed by atoms with Gasteiger partial charge in [-0.2, -0.15) is 10.3 Å². The summed E-state index contributed by atoms with van der Waals surface area (Å²) in [5.74, 6) is 0. The second-order valence-corrected chi connectivity index (χ2v) is 1.99. The maximum absolute atomic E-state index is 7.97. The van der Waals surface area contributed by atoms with Gasteiger partial charge in [-0.3, -0.25) is 0 Å². The molecule has 0 aliphatic rings. The minimum absolute atomic E-state index is 0. The Labute approximate surface area is 109 Å². The Balaban J connectivity index is 0. The summed E-state index contributed by atoms with van der Waals surface area (Å²) in [5.41, 5.74) is 0. The summed E-state index contributed by atoms with van der Waals surface area (Å²) in [6.45, 7) is 3.64. The average Bonchev–Trinajstić information content (AvgIpc) is 1.63. The summed E-state index contributed by atoms with van der Waals surface area (Å²) in [6.07, 6.45) is 1.53. The van der Waals surface area contributed by atoms with Crippen LogP contribution in [0, 0.1) is 11.5 Å². The summed E-state index contributed by atoms with van der Waals surface area (Å²) in [5, 5.41) is 7.97. The maximum Gasteiger partial charge on any atom is 1.00 e. The monoisotopic (exact) mass is 182 g/mol. The Hall–Kier alpha value is 0.816. The zero-order valence-electron chi connectivity index (χ0n) is 6.29. The second-order valence-electron chi connectivity index (χ2n) is 1.64. The van der Waals surface area contributed by atoms with Gasteiger partial charge < -0.3 is 17.4 Å². The minimum atomic E-state index is -0.00500. The van der Waals surface area contributed by atoms with E-state index >= 15 is 0 Å². The van der Waals surface area contributed by atoms with Crippen LogP contribution in [0.5, 0.6) is 0 Å². The standard InChI is InChI=1S/C5H8N2OS.K/c1-4(2)8-5(9)7-3-6;/h4H,1-2H3,(H,7,9);/q;+1/p-1. The fraction of sp³-hybridized carbons (Fsp3) is 0.600. The van der Waals surface area contributed by atoms with Crippen LogP contribution in [0.3, 0.4) is 0 Å². The Morgan fingerprint density at radius 3 is 2.50 bits per heavy atom. The summed E-state index contributed by atoms with van der Waals surface area (Å²) in [6, 6.07) is 0. The Morgan fingerprint density at radius 2 is 2.20 bits per heavy atom. The molecule has 0 aliphatic carbocycles. The molecule has 0 heterocycles. The molecule has 0 amide bonds. The first-order valence-corrected chi connectivity index (χ1v) is 2.88. The van der Waals surface area contributed by atoms with Crippen LogP contribution < -0.4 is 51.4 Å². The Kier molecular flexibility index (Phi) is 10.6. The molecule has 0 bridgehead atoms. The fourth-order valence-corrected chi connectivity index (χ4v) is 0.502. The van der Waals surface area contributed by atoms with Crippen molar-refractivity contribution in [1.82, 2.24) is 0 Å². The molecule has 0 saturated carbocycles. The van der Waals surface area contributed by atoms with Crippen LogP contribution in [0.1, 0.15) is 13.8 Å². The van der Waals surface area contributed by atoms with Crippen LogP contribution >= 0.6 is 0 Å². The van der Waals surface area contributed by atoms with Crippen LogP contribution in [-0.2, 0) is 17.4 Å². The largest absolute Gasteiger partial charge is 1.00 e. The number of aliphatic imine (C=N–C) groups is 1. The summed E-state index contributed by atoms with van der Waals surface area (Å²) in [4.78, 5) is 3.18. The second kappa shape index (κ2) is 7.92. The molecule has 0 radical (unpaired) electrons. The number of ether oxygens (including phenoxy) is 1. The van der Waals surface area contributed by atoms with Crippen molar-refractivity contribution >= 4 is 17.9 Å². The van der Waals surface area contributed by atoms with Gasteiger partial charge in [-0.25, -0.2) is 0 Å². The zero-order chi connectivity index (χ0) is 7.28. The van der Waals surface area contributed by atoms with Gasteiger partial charge in [0.2, 0.25) is 6.19 Å². The van der Waals surface area contributed by atoms with Gasteiger partial charge in [0.05, 0.1) is 11.3 Å². The molecule has 3 nitrogen and oxygen atoms in total. The first-order chi connectivity index (χ1) is 4.16. The zero-order valence-corrected chi connectivity index (χ0v) is 10.2. The van der Waals surface area contributed by atoms with Crippen LogP contribution in [0.4, 0.5) is 0 Å². The molecule has 0 fully saturated rings. The van der Waals surface area contributed by atoms with E-state index in [0.29, 0.717) is 0 Å². The van der Waals surface area contributed by atoms with Crippen LogP contribution in [0.2, 0.25) is 0 Å². The fourth-order valence-electron chi connectivity index (χ4n) is 0.269. The summed E-state index contributed by atoms with van der Waals surface area (Å²) in [7, 11) is 0. The van der Waals surface area contributed by atoms with E-state index in [1.54, 1.807) is 0 Å². The number of rotatable bonds is 1. The molecule has 0 aromatic rings. The number of nitriles is 1.